The SMILES string of the molecule is COc1ccc(S(=O)(=O)N(C)C2CCNCC2)cc1.Cl. The lowest BCUT2D eigenvalue weighted by molar-refractivity contribution is 0.296. The number of nitrogens with zero attached hydrogens (tertiary/aromatic N) is 1. The Labute approximate surface area is 126 Å². The van der Waals surface area contributed by atoms with E-state index in [9.17, 15) is 8.42 Å². The average Bonchev–Trinajstić information content (AvgIpc) is 2.47. The van der Waals surface area contributed by atoms with Crippen LogP contribution < -0.4 is 10.1 Å². The summed E-state index contributed by atoms with van der Waals surface area (Å²) in [6, 6.07) is 6.59. The Kier molecular flexibility index (Phi) is 6.26. The van der Waals surface area contributed by atoms with E-state index in [1.54, 1.807) is 38.4 Å². The number of ether oxygens (including phenoxy) is 1. The van der Waals surface area contributed by atoms with Gasteiger partial charge in [0.1, 0.15) is 5.75 Å². The first-order valence-electron chi connectivity index (χ1n) is 6.38. The Bertz CT molecular complexity index is 513. The Hall–Kier alpha value is -0.820. The lowest BCUT2D eigenvalue weighted by Crippen LogP contribution is -2.43. The van der Waals surface area contributed by atoms with E-state index in [1.807, 2.05) is 0 Å². The largest absolute Gasteiger partial charge is 0.497 e. The zero-order valence-corrected chi connectivity index (χ0v) is 13.3. The van der Waals surface area contributed by atoms with E-state index in [1.165, 1.54) is 4.31 Å². The van der Waals surface area contributed by atoms with E-state index < -0.39 is 10.0 Å². The molecule has 2 rings (SSSR count). The monoisotopic (exact) mass is 320 g/mol. The van der Waals surface area contributed by atoms with Gasteiger partial charge in [-0.15, -0.1) is 12.4 Å². The van der Waals surface area contributed by atoms with Crippen molar-refractivity contribution in [2.45, 2.75) is 23.8 Å². The molecular formula is C13H21ClN2O3S. The van der Waals surface area contributed by atoms with Gasteiger partial charge in [-0.3, -0.25) is 0 Å². The minimum atomic E-state index is -3.41. The lowest BCUT2D eigenvalue weighted by atomic mass is 10.1. The average molecular weight is 321 g/mol. The summed E-state index contributed by atoms with van der Waals surface area (Å²) in [5, 5.41) is 3.24. The molecule has 1 fully saturated rings. The third-order valence-electron chi connectivity index (χ3n) is 3.56. The standard InChI is InChI=1S/C13H20N2O3S.ClH/c1-15(11-7-9-14-10-8-11)19(16,17)13-5-3-12(18-2)4-6-13;/h3-6,11,14H,7-10H2,1-2H3;1H. The number of hydrogen-bond donors (Lipinski definition) is 1. The molecular weight excluding hydrogens is 300 g/mol. The molecule has 114 valence electrons. The summed E-state index contributed by atoms with van der Waals surface area (Å²) in [7, 11) is -0.191. The molecule has 20 heavy (non-hydrogen) atoms. The van der Waals surface area contributed by atoms with Crippen molar-refractivity contribution in [1.29, 1.82) is 0 Å². The quantitative estimate of drug-likeness (QED) is 0.913. The normalized spacial score (nSPS) is 16.8. The molecule has 0 amide bonds. The number of halogens is 1. The van der Waals surface area contributed by atoms with E-state index >= 15 is 0 Å². The first-order chi connectivity index (χ1) is 9.05. The number of nitrogens with one attached hydrogen (secondary N) is 1. The molecule has 0 aliphatic carbocycles. The summed E-state index contributed by atoms with van der Waals surface area (Å²) in [4.78, 5) is 0.314. The number of methoxy groups -OCH3 is 1. The van der Waals surface area contributed by atoms with Crippen LogP contribution in [0, 0.1) is 0 Å². The summed E-state index contributed by atoms with van der Waals surface area (Å²) < 4.78 is 31.5. The van der Waals surface area contributed by atoms with Crippen LogP contribution in [0.2, 0.25) is 0 Å². The van der Waals surface area contributed by atoms with Gasteiger partial charge in [0.15, 0.2) is 0 Å². The molecule has 0 aromatic heterocycles. The maximum atomic E-state index is 12.5. The van der Waals surface area contributed by atoms with Crippen molar-refractivity contribution in [1.82, 2.24) is 9.62 Å². The molecule has 0 spiro atoms. The fraction of sp³-hybridized carbons (Fsp3) is 0.538. The van der Waals surface area contributed by atoms with Gasteiger partial charge >= 0.3 is 0 Å². The molecule has 0 radical (unpaired) electrons. The van der Waals surface area contributed by atoms with Crippen molar-refractivity contribution in [3.05, 3.63) is 24.3 Å². The van der Waals surface area contributed by atoms with Gasteiger partial charge in [-0.05, 0) is 50.2 Å². The maximum Gasteiger partial charge on any atom is 0.243 e. The molecule has 1 aromatic rings. The van der Waals surface area contributed by atoms with Gasteiger partial charge in [0, 0.05) is 13.1 Å². The van der Waals surface area contributed by atoms with Crippen LogP contribution in [-0.4, -0.2) is 46.0 Å². The number of hydrogen-bond acceptors (Lipinski definition) is 4. The molecule has 1 aliphatic rings. The Morgan fingerprint density at radius 1 is 1.20 bits per heavy atom. The lowest BCUT2D eigenvalue weighted by Gasteiger charge is -2.30. The molecule has 0 saturated carbocycles. The summed E-state index contributed by atoms with van der Waals surface area (Å²) in [5.74, 6) is 0.656. The second-order valence-electron chi connectivity index (χ2n) is 4.68. The van der Waals surface area contributed by atoms with Crippen LogP contribution in [-0.2, 0) is 10.0 Å². The first kappa shape index (κ1) is 17.2. The fourth-order valence-electron chi connectivity index (χ4n) is 2.28. The Balaban J connectivity index is 0.00000200. The minimum absolute atomic E-state index is 0. The van der Waals surface area contributed by atoms with Crippen molar-refractivity contribution in [3.63, 3.8) is 0 Å². The van der Waals surface area contributed by atoms with E-state index in [4.69, 9.17) is 4.74 Å². The van der Waals surface area contributed by atoms with Gasteiger partial charge in [-0.1, -0.05) is 0 Å². The van der Waals surface area contributed by atoms with Crippen LogP contribution in [0.5, 0.6) is 5.75 Å². The zero-order valence-electron chi connectivity index (χ0n) is 11.7. The van der Waals surface area contributed by atoms with Crippen LogP contribution in [0.25, 0.3) is 0 Å². The Morgan fingerprint density at radius 3 is 2.25 bits per heavy atom. The smallest absolute Gasteiger partial charge is 0.243 e. The summed E-state index contributed by atoms with van der Waals surface area (Å²) in [6.45, 7) is 1.74. The van der Waals surface area contributed by atoms with Gasteiger partial charge in [0.25, 0.3) is 0 Å². The van der Waals surface area contributed by atoms with Crippen LogP contribution in [0.15, 0.2) is 29.2 Å². The highest BCUT2D eigenvalue weighted by Crippen LogP contribution is 2.22. The third-order valence-corrected chi connectivity index (χ3v) is 5.48. The van der Waals surface area contributed by atoms with E-state index in [-0.39, 0.29) is 18.4 Å². The second-order valence-corrected chi connectivity index (χ2v) is 6.68. The van der Waals surface area contributed by atoms with Gasteiger partial charge in [0.2, 0.25) is 10.0 Å². The maximum absolute atomic E-state index is 12.5. The number of benzene rings is 1. The third kappa shape index (κ3) is 3.63. The van der Waals surface area contributed by atoms with Crippen molar-refractivity contribution in [2.24, 2.45) is 0 Å². The topological polar surface area (TPSA) is 58.6 Å². The van der Waals surface area contributed by atoms with Gasteiger partial charge in [-0.2, -0.15) is 4.31 Å². The minimum Gasteiger partial charge on any atom is -0.497 e. The molecule has 7 heteroatoms. The van der Waals surface area contributed by atoms with Gasteiger partial charge < -0.3 is 10.1 Å². The van der Waals surface area contributed by atoms with Crippen LogP contribution in [0.4, 0.5) is 0 Å². The van der Waals surface area contributed by atoms with Crippen molar-refractivity contribution >= 4 is 22.4 Å². The van der Waals surface area contributed by atoms with Gasteiger partial charge in [-0.25, -0.2) is 8.42 Å². The summed E-state index contributed by atoms with van der Waals surface area (Å²) >= 11 is 0. The van der Waals surface area contributed by atoms with Crippen molar-refractivity contribution < 1.29 is 13.2 Å². The highest BCUT2D eigenvalue weighted by molar-refractivity contribution is 7.89. The Morgan fingerprint density at radius 2 is 1.75 bits per heavy atom. The van der Waals surface area contributed by atoms with Crippen LogP contribution in [0.3, 0.4) is 0 Å². The van der Waals surface area contributed by atoms with Crippen LogP contribution in [0.1, 0.15) is 12.8 Å². The zero-order chi connectivity index (χ0) is 13.9. The predicted octanol–water partition coefficient (Wildman–Crippen LogP) is 1.49. The van der Waals surface area contributed by atoms with E-state index in [0.717, 1.165) is 25.9 Å². The molecule has 5 nitrogen and oxygen atoms in total. The highest BCUT2D eigenvalue weighted by Gasteiger charge is 2.28. The number of piperidine rings is 1. The number of sulfonamides is 1. The molecule has 1 heterocycles. The van der Waals surface area contributed by atoms with Crippen molar-refractivity contribution in [3.8, 4) is 5.75 Å². The summed E-state index contributed by atoms with van der Waals surface area (Å²) in [6.07, 6.45) is 1.71. The molecule has 0 bridgehead atoms. The summed E-state index contributed by atoms with van der Waals surface area (Å²) in [5.41, 5.74) is 0. The molecule has 0 unspecified atom stereocenters. The first-order valence-corrected chi connectivity index (χ1v) is 7.82. The van der Waals surface area contributed by atoms with Crippen molar-refractivity contribution in [2.75, 3.05) is 27.2 Å². The van der Waals surface area contributed by atoms with E-state index in [0.29, 0.717) is 10.6 Å². The van der Waals surface area contributed by atoms with E-state index in [2.05, 4.69) is 5.32 Å². The second kappa shape index (κ2) is 7.26. The fourth-order valence-corrected chi connectivity index (χ4v) is 3.70. The molecule has 1 saturated heterocycles. The van der Waals surface area contributed by atoms with Gasteiger partial charge in [0.05, 0.1) is 12.0 Å². The molecule has 1 aromatic carbocycles. The molecule has 1 N–H and O–H groups in total. The van der Waals surface area contributed by atoms with Crippen LogP contribution >= 0.6 is 12.4 Å². The highest BCUT2D eigenvalue weighted by atomic mass is 35.5. The molecule has 0 atom stereocenters. The number of rotatable bonds is 4. The molecule has 1 aliphatic heterocycles. The predicted molar refractivity (Wildman–Crippen MR) is 81.1 cm³/mol.